The lowest BCUT2D eigenvalue weighted by Crippen LogP contribution is -2.13. The molecule has 0 bridgehead atoms. The first-order chi connectivity index (χ1) is 10.0. The molecule has 0 amide bonds. The third-order valence-electron chi connectivity index (χ3n) is 2.75. The number of halogens is 2. The molecule has 0 radical (unpaired) electrons. The van der Waals surface area contributed by atoms with Gasteiger partial charge in [-0.05, 0) is 12.1 Å². The molecule has 0 unspecified atom stereocenters. The standard InChI is InChI=1S/C15H9Cl2NO3/c16-12-9-5-4-8-11(12)15(19)14(18(20)21)13(17)10-6-2-1-3-7-10/h1-9H/b14-13+. The van der Waals surface area contributed by atoms with Crippen molar-refractivity contribution in [2.75, 3.05) is 0 Å². The maximum atomic E-state index is 12.4. The van der Waals surface area contributed by atoms with Gasteiger partial charge in [-0.2, -0.15) is 0 Å². The van der Waals surface area contributed by atoms with Crippen molar-refractivity contribution in [3.63, 3.8) is 0 Å². The fourth-order valence-electron chi connectivity index (χ4n) is 1.76. The molecule has 0 spiro atoms. The van der Waals surface area contributed by atoms with E-state index in [0.717, 1.165) is 0 Å². The summed E-state index contributed by atoms with van der Waals surface area (Å²) in [5.74, 6) is -0.820. The van der Waals surface area contributed by atoms with Crippen LogP contribution in [0.15, 0.2) is 60.3 Å². The van der Waals surface area contributed by atoms with Crippen molar-refractivity contribution in [1.82, 2.24) is 0 Å². The summed E-state index contributed by atoms with van der Waals surface area (Å²) in [7, 11) is 0. The molecular formula is C15H9Cl2NO3. The fourth-order valence-corrected chi connectivity index (χ4v) is 2.26. The summed E-state index contributed by atoms with van der Waals surface area (Å²) in [4.78, 5) is 22.8. The third-order valence-corrected chi connectivity index (χ3v) is 3.48. The lowest BCUT2D eigenvalue weighted by Gasteiger charge is -2.04. The van der Waals surface area contributed by atoms with Gasteiger partial charge in [0.25, 0.3) is 5.78 Å². The van der Waals surface area contributed by atoms with E-state index in [1.165, 1.54) is 12.1 Å². The van der Waals surface area contributed by atoms with E-state index in [9.17, 15) is 14.9 Å². The number of ketones is 1. The van der Waals surface area contributed by atoms with Gasteiger partial charge in [-0.25, -0.2) is 0 Å². The summed E-state index contributed by atoms with van der Waals surface area (Å²) in [5.41, 5.74) is -0.262. The topological polar surface area (TPSA) is 60.2 Å². The number of carbonyl (C=O) groups excluding carboxylic acids is 1. The Bertz CT molecular complexity index is 727. The second kappa shape index (κ2) is 6.52. The number of carbonyl (C=O) groups is 1. The molecule has 2 rings (SSSR count). The number of hydrogen-bond acceptors (Lipinski definition) is 3. The molecule has 0 aliphatic heterocycles. The van der Waals surface area contributed by atoms with E-state index in [-0.39, 0.29) is 15.6 Å². The maximum absolute atomic E-state index is 12.4. The molecule has 0 saturated heterocycles. The van der Waals surface area contributed by atoms with Gasteiger partial charge >= 0.3 is 5.70 Å². The average Bonchev–Trinajstić information content (AvgIpc) is 2.48. The van der Waals surface area contributed by atoms with E-state index in [1.807, 2.05) is 0 Å². The largest absolute Gasteiger partial charge is 0.335 e. The number of benzene rings is 2. The van der Waals surface area contributed by atoms with Crippen LogP contribution in [0.1, 0.15) is 15.9 Å². The SMILES string of the molecule is O=C(/C(=C(\Cl)c1ccccc1)[N+](=O)[O-])c1ccccc1Cl. The van der Waals surface area contributed by atoms with E-state index in [0.29, 0.717) is 5.56 Å². The zero-order chi connectivity index (χ0) is 15.4. The van der Waals surface area contributed by atoms with Crippen molar-refractivity contribution in [2.45, 2.75) is 0 Å². The van der Waals surface area contributed by atoms with E-state index in [4.69, 9.17) is 23.2 Å². The van der Waals surface area contributed by atoms with Crippen LogP contribution in [0.25, 0.3) is 5.03 Å². The Morgan fingerprint density at radius 1 is 1.00 bits per heavy atom. The quantitative estimate of drug-likeness (QED) is 0.363. The summed E-state index contributed by atoms with van der Waals surface area (Å²) < 4.78 is 0. The van der Waals surface area contributed by atoms with Gasteiger partial charge < -0.3 is 0 Å². The third kappa shape index (κ3) is 3.29. The smallest absolute Gasteiger partial charge is 0.281 e. The number of nitrogens with zero attached hydrogens (tertiary/aromatic N) is 1. The predicted octanol–water partition coefficient (Wildman–Crippen LogP) is 4.41. The first kappa shape index (κ1) is 15.2. The van der Waals surface area contributed by atoms with Crippen LogP contribution in [0.2, 0.25) is 5.02 Å². The summed E-state index contributed by atoms with van der Waals surface area (Å²) in [6, 6.07) is 14.4. The van der Waals surface area contributed by atoms with Crippen molar-refractivity contribution in [3.05, 3.63) is 86.6 Å². The molecule has 2 aromatic rings. The van der Waals surface area contributed by atoms with Gasteiger partial charge in [0.1, 0.15) is 5.03 Å². The monoisotopic (exact) mass is 321 g/mol. The van der Waals surface area contributed by atoms with Gasteiger partial charge in [-0.15, -0.1) is 0 Å². The number of allylic oxidation sites excluding steroid dienone is 1. The number of hydrogen-bond donors (Lipinski definition) is 0. The molecule has 0 heterocycles. The van der Waals surface area contributed by atoms with Crippen LogP contribution in [0.4, 0.5) is 0 Å². The highest BCUT2D eigenvalue weighted by Crippen LogP contribution is 2.27. The Morgan fingerprint density at radius 3 is 2.14 bits per heavy atom. The first-order valence-corrected chi connectivity index (χ1v) is 6.66. The van der Waals surface area contributed by atoms with Crippen LogP contribution in [-0.4, -0.2) is 10.7 Å². The van der Waals surface area contributed by atoms with E-state index in [2.05, 4.69) is 0 Å². The lowest BCUT2D eigenvalue weighted by molar-refractivity contribution is -0.415. The summed E-state index contributed by atoms with van der Waals surface area (Å²) in [6.45, 7) is 0. The molecule has 0 aromatic heterocycles. The molecule has 0 fully saturated rings. The zero-order valence-corrected chi connectivity index (χ0v) is 12.1. The highest BCUT2D eigenvalue weighted by atomic mass is 35.5. The average molecular weight is 322 g/mol. The van der Waals surface area contributed by atoms with Crippen LogP contribution < -0.4 is 0 Å². The summed E-state index contributed by atoms with van der Waals surface area (Å²) in [6.07, 6.45) is 0. The van der Waals surface area contributed by atoms with Crippen LogP contribution in [-0.2, 0) is 0 Å². The number of Topliss-reactive ketones (excluding diaryl/α,β-unsaturated/α-hetero) is 1. The Labute approximate surface area is 130 Å². The Hall–Kier alpha value is -2.17. The van der Waals surface area contributed by atoms with Gasteiger partial charge in [-0.3, -0.25) is 14.9 Å². The second-order valence-corrected chi connectivity index (χ2v) is 4.88. The zero-order valence-electron chi connectivity index (χ0n) is 10.6. The molecule has 0 aliphatic rings. The lowest BCUT2D eigenvalue weighted by atomic mass is 10.1. The Morgan fingerprint density at radius 2 is 1.57 bits per heavy atom. The van der Waals surface area contributed by atoms with Gasteiger partial charge in [0.05, 0.1) is 9.95 Å². The normalized spacial score (nSPS) is 11.7. The highest BCUT2D eigenvalue weighted by Gasteiger charge is 2.30. The van der Waals surface area contributed by atoms with E-state index < -0.39 is 16.4 Å². The minimum absolute atomic E-state index is 0.0416. The minimum Gasteiger partial charge on any atom is -0.281 e. The molecule has 4 nitrogen and oxygen atoms in total. The summed E-state index contributed by atoms with van der Waals surface area (Å²) >= 11 is 11.9. The number of rotatable bonds is 4. The van der Waals surface area contributed by atoms with Crippen LogP contribution in [0.3, 0.4) is 0 Å². The highest BCUT2D eigenvalue weighted by molar-refractivity contribution is 6.51. The minimum atomic E-state index is -0.820. The van der Waals surface area contributed by atoms with Crippen LogP contribution >= 0.6 is 23.2 Å². The van der Waals surface area contributed by atoms with E-state index >= 15 is 0 Å². The van der Waals surface area contributed by atoms with Crippen molar-refractivity contribution in [2.24, 2.45) is 0 Å². The van der Waals surface area contributed by atoms with Gasteiger partial charge in [-0.1, -0.05) is 65.7 Å². The first-order valence-electron chi connectivity index (χ1n) is 5.91. The molecule has 21 heavy (non-hydrogen) atoms. The fraction of sp³-hybridized carbons (Fsp3) is 0. The van der Waals surface area contributed by atoms with Gasteiger partial charge in [0.15, 0.2) is 0 Å². The van der Waals surface area contributed by atoms with Crippen molar-refractivity contribution >= 4 is 34.0 Å². The maximum Gasteiger partial charge on any atom is 0.335 e. The van der Waals surface area contributed by atoms with Crippen LogP contribution in [0, 0.1) is 10.1 Å². The van der Waals surface area contributed by atoms with Crippen molar-refractivity contribution in [3.8, 4) is 0 Å². The molecule has 0 atom stereocenters. The Kier molecular flexibility index (Phi) is 4.73. The molecule has 0 aliphatic carbocycles. The van der Waals surface area contributed by atoms with E-state index in [1.54, 1.807) is 42.5 Å². The van der Waals surface area contributed by atoms with Gasteiger partial charge in [0.2, 0.25) is 0 Å². The molecule has 2 aromatic carbocycles. The molecular weight excluding hydrogens is 313 g/mol. The number of nitro groups is 1. The summed E-state index contributed by atoms with van der Waals surface area (Å²) in [5, 5.41) is 11.2. The predicted molar refractivity (Wildman–Crippen MR) is 82.0 cm³/mol. The second-order valence-electron chi connectivity index (χ2n) is 4.09. The van der Waals surface area contributed by atoms with Crippen molar-refractivity contribution in [1.29, 1.82) is 0 Å². The Balaban J connectivity index is 2.57. The molecule has 6 heteroatoms. The van der Waals surface area contributed by atoms with Crippen molar-refractivity contribution < 1.29 is 9.72 Å². The van der Waals surface area contributed by atoms with Crippen LogP contribution in [0.5, 0.6) is 0 Å². The molecule has 0 N–H and O–H groups in total. The van der Waals surface area contributed by atoms with Gasteiger partial charge in [0, 0.05) is 11.1 Å². The molecule has 0 saturated carbocycles. The molecule has 106 valence electrons.